The van der Waals surface area contributed by atoms with Crippen molar-refractivity contribution in [2.75, 3.05) is 0 Å². The average Bonchev–Trinajstić information content (AvgIpc) is 3.54. The molecule has 0 spiro atoms. The number of hydrogen-bond donors (Lipinski definition) is 1. The van der Waals surface area contributed by atoms with Gasteiger partial charge >= 0.3 is 5.97 Å². The van der Waals surface area contributed by atoms with Gasteiger partial charge in [0.1, 0.15) is 11.7 Å². The summed E-state index contributed by atoms with van der Waals surface area (Å²) in [4.78, 5) is 26.4. The van der Waals surface area contributed by atoms with Crippen LogP contribution in [0.25, 0.3) is 10.8 Å². The molecular weight excluding hydrogens is 428 g/mol. The molecule has 7 nitrogen and oxygen atoms in total. The highest BCUT2D eigenvalue weighted by atomic mass is 16.5. The van der Waals surface area contributed by atoms with Crippen molar-refractivity contribution < 1.29 is 14.3 Å². The zero-order valence-electron chi connectivity index (χ0n) is 20.5. The molecular formula is C27H32N4O3. The van der Waals surface area contributed by atoms with Crippen LogP contribution in [0.1, 0.15) is 92.8 Å². The highest BCUT2D eigenvalue weighted by molar-refractivity contribution is 5.92. The van der Waals surface area contributed by atoms with E-state index in [0.29, 0.717) is 17.9 Å². The predicted molar refractivity (Wildman–Crippen MR) is 130 cm³/mol. The molecule has 3 atom stereocenters. The minimum Gasteiger partial charge on any atom is -0.471 e. The van der Waals surface area contributed by atoms with Crippen LogP contribution in [0.2, 0.25) is 0 Å². The Morgan fingerprint density at radius 3 is 2.65 bits per heavy atom. The summed E-state index contributed by atoms with van der Waals surface area (Å²) in [5, 5.41) is 1.89. The third-order valence-corrected chi connectivity index (χ3v) is 7.43. The Kier molecular flexibility index (Phi) is 5.35. The van der Waals surface area contributed by atoms with Gasteiger partial charge in [0.15, 0.2) is 0 Å². The van der Waals surface area contributed by atoms with Crippen molar-refractivity contribution in [3.05, 3.63) is 58.8 Å². The molecule has 1 aliphatic carbocycles. The van der Waals surface area contributed by atoms with Gasteiger partial charge in [0, 0.05) is 41.7 Å². The molecule has 0 amide bonds. The average molecular weight is 461 g/mol. The Bertz CT molecular complexity index is 1280. The Balaban J connectivity index is 1.55. The van der Waals surface area contributed by atoms with Crippen molar-refractivity contribution in [1.82, 2.24) is 15.0 Å². The molecule has 0 bridgehead atoms. The van der Waals surface area contributed by atoms with Gasteiger partial charge in [0.25, 0.3) is 0 Å². The molecule has 0 aromatic carbocycles. The summed E-state index contributed by atoms with van der Waals surface area (Å²) in [7, 11) is 0. The van der Waals surface area contributed by atoms with Crippen LogP contribution in [0.15, 0.2) is 30.6 Å². The molecule has 2 N–H and O–H groups in total. The standard InChI is InChI=1S/C27H32N4O3/c1-6-27(5,28)22-14-30-24(34-26(4)9-10-26)21-13-29-18(12-20(21)22)11-17-7-8-19-23(31-17)15(2)16(3)33-25(19)32/h7-8,12-16H,6,9-11,28H2,1-5H3/t15-,16+,27+/m1/s1. The number of nitrogens with zero attached hydrogens (tertiary/aromatic N) is 3. The van der Waals surface area contributed by atoms with Crippen molar-refractivity contribution in [3.63, 3.8) is 0 Å². The summed E-state index contributed by atoms with van der Waals surface area (Å²) >= 11 is 0. The molecule has 3 aromatic heterocycles. The lowest BCUT2D eigenvalue weighted by atomic mass is 9.88. The monoisotopic (exact) mass is 460 g/mol. The molecule has 7 heteroatoms. The van der Waals surface area contributed by atoms with E-state index in [1.807, 2.05) is 45.3 Å². The van der Waals surface area contributed by atoms with E-state index < -0.39 is 5.54 Å². The van der Waals surface area contributed by atoms with Gasteiger partial charge in [-0.05, 0) is 69.2 Å². The largest absolute Gasteiger partial charge is 0.471 e. The quantitative estimate of drug-likeness (QED) is 0.528. The molecule has 0 radical (unpaired) electrons. The van der Waals surface area contributed by atoms with E-state index in [2.05, 4.69) is 24.9 Å². The lowest BCUT2D eigenvalue weighted by Gasteiger charge is -2.27. The number of pyridine rings is 3. The minimum absolute atomic E-state index is 0.0425. The van der Waals surface area contributed by atoms with Crippen molar-refractivity contribution in [3.8, 4) is 5.88 Å². The van der Waals surface area contributed by atoms with Gasteiger partial charge in [0.2, 0.25) is 5.88 Å². The highest BCUT2D eigenvalue weighted by Crippen LogP contribution is 2.42. The van der Waals surface area contributed by atoms with Gasteiger partial charge in [-0.1, -0.05) is 13.8 Å². The van der Waals surface area contributed by atoms with Gasteiger partial charge < -0.3 is 15.2 Å². The number of fused-ring (bicyclic) bond motifs is 2. The van der Waals surface area contributed by atoms with E-state index in [0.717, 1.165) is 52.7 Å². The second kappa shape index (κ2) is 8.01. The van der Waals surface area contributed by atoms with Crippen molar-refractivity contribution in [2.45, 2.75) is 83.5 Å². The van der Waals surface area contributed by atoms with E-state index in [1.54, 1.807) is 0 Å². The normalized spacial score (nSPS) is 22.6. The molecule has 2 aliphatic rings. The number of nitrogens with two attached hydrogens (primary N) is 1. The zero-order chi connectivity index (χ0) is 24.3. The predicted octanol–water partition coefficient (Wildman–Crippen LogP) is 4.79. The third kappa shape index (κ3) is 4.02. The summed E-state index contributed by atoms with van der Waals surface area (Å²) in [6.07, 6.45) is 6.88. The number of carbonyl (C=O) groups excluding carboxylic acids is 1. The number of aromatic nitrogens is 3. The molecule has 178 valence electrons. The van der Waals surface area contributed by atoms with E-state index in [9.17, 15) is 4.79 Å². The number of cyclic esters (lactones) is 1. The zero-order valence-corrected chi connectivity index (χ0v) is 20.5. The fourth-order valence-electron chi connectivity index (χ4n) is 4.37. The van der Waals surface area contributed by atoms with Crippen LogP contribution in [0.4, 0.5) is 0 Å². The van der Waals surface area contributed by atoms with Gasteiger partial charge in [0.05, 0.1) is 16.6 Å². The Hall–Kier alpha value is -3.06. The van der Waals surface area contributed by atoms with Crippen LogP contribution >= 0.6 is 0 Å². The molecule has 1 saturated carbocycles. The topological polar surface area (TPSA) is 100 Å². The summed E-state index contributed by atoms with van der Waals surface area (Å²) in [6, 6.07) is 5.77. The molecule has 0 unspecified atom stereocenters. The molecule has 34 heavy (non-hydrogen) atoms. The smallest absolute Gasteiger partial charge is 0.340 e. The van der Waals surface area contributed by atoms with Crippen LogP contribution in [0.5, 0.6) is 5.88 Å². The summed E-state index contributed by atoms with van der Waals surface area (Å²) in [5.74, 6) is 0.345. The molecule has 5 rings (SSSR count). The Labute approximate surface area is 200 Å². The molecule has 0 saturated heterocycles. The SMILES string of the molecule is CC[C@](C)(N)c1cnc(OC2(C)CC2)c2cnc(Cc3ccc4c(n3)[C@H](C)[C@H](C)OC4=O)cc12. The third-order valence-electron chi connectivity index (χ3n) is 7.43. The second-order valence-corrected chi connectivity index (χ2v) is 10.3. The van der Waals surface area contributed by atoms with Crippen molar-refractivity contribution in [2.24, 2.45) is 5.73 Å². The van der Waals surface area contributed by atoms with Crippen molar-refractivity contribution in [1.29, 1.82) is 0 Å². The van der Waals surface area contributed by atoms with Gasteiger partial charge in [-0.15, -0.1) is 0 Å². The van der Waals surface area contributed by atoms with Gasteiger partial charge in [-0.3, -0.25) is 9.97 Å². The number of carbonyl (C=O) groups is 1. The summed E-state index contributed by atoms with van der Waals surface area (Å²) in [6.45, 7) is 10.1. The number of rotatable bonds is 6. The first-order valence-electron chi connectivity index (χ1n) is 12.1. The maximum absolute atomic E-state index is 12.2. The van der Waals surface area contributed by atoms with Crippen LogP contribution in [-0.2, 0) is 16.7 Å². The van der Waals surface area contributed by atoms with E-state index in [1.165, 1.54) is 0 Å². The first-order chi connectivity index (χ1) is 16.1. The van der Waals surface area contributed by atoms with Crippen molar-refractivity contribution >= 4 is 16.7 Å². The highest BCUT2D eigenvalue weighted by Gasteiger charge is 2.41. The number of esters is 1. The second-order valence-electron chi connectivity index (χ2n) is 10.3. The maximum Gasteiger partial charge on any atom is 0.340 e. The van der Waals surface area contributed by atoms with E-state index in [4.69, 9.17) is 25.2 Å². The van der Waals surface area contributed by atoms with Gasteiger partial charge in [-0.2, -0.15) is 0 Å². The van der Waals surface area contributed by atoms with E-state index >= 15 is 0 Å². The Morgan fingerprint density at radius 2 is 1.94 bits per heavy atom. The minimum atomic E-state index is -0.526. The lowest BCUT2D eigenvalue weighted by molar-refractivity contribution is 0.0234. The molecule has 1 fully saturated rings. The summed E-state index contributed by atoms with van der Waals surface area (Å²) < 4.78 is 11.6. The lowest BCUT2D eigenvalue weighted by Crippen LogP contribution is -2.32. The molecule has 3 aromatic rings. The first kappa shape index (κ1) is 22.7. The van der Waals surface area contributed by atoms with Crippen LogP contribution < -0.4 is 10.5 Å². The van der Waals surface area contributed by atoms with Crippen LogP contribution in [0, 0.1) is 0 Å². The summed E-state index contributed by atoms with van der Waals surface area (Å²) in [5.41, 5.74) is 10.0. The maximum atomic E-state index is 12.2. The number of hydrogen-bond acceptors (Lipinski definition) is 7. The van der Waals surface area contributed by atoms with Crippen LogP contribution in [0.3, 0.4) is 0 Å². The fourth-order valence-corrected chi connectivity index (χ4v) is 4.37. The first-order valence-corrected chi connectivity index (χ1v) is 12.1. The van der Waals surface area contributed by atoms with Gasteiger partial charge in [-0.25, -0.2) is 9.78 Å². The molecule has 4 heterocycles. The van der Waals surface area contributed by atoms with Crippen LogP contribution in [-0.4, -0.2) is 32.6 Å². The van der Waals surface area contributed by atoms with E-state index in [-0.39, 0.29) is 23.6 Å². The fraction of sp³-hybridized carbons (Fsp3) is 0.481. The number of ether oxygens (including phenoxy) is 2. The Morgan fingerprint density at radius 1 is 1.18 bits per heavy atom. The molecule has 1 aliphatic heterocycles.